The summed E-state index contributed by atoms with van der Waals surface area (Å²) >= 11 is 0. The van der Waals surface area contributed by atoms with Crippen molar-refractivity contribution in [1.29, 1.82) is 0 Å². The van der Waals surface area contributed by atoms with Crippen molar-refractivity contribution in [1.82, 2.24) is 4.98 Å². The highest BCUT2D eigenvalue weighted by atomic mass is 16.3. The minimum atomic E-state index is -0.0988. The van der Waals surface area contributed by atoms with E-state index in [-0.39, 0.29) is 16.6 Å². The molecule has 7 rings (SSSR count). The minimum absolute atomic E-state index is 0.0640. The molecule has 4 heteroatoms. The van der Waals surface area contributed by atoms with Gasteiger partial charge in [0.05, 0.1) is 11.3 Å². The Morgan fingerprint density at radius 1 is 0.660 bits per heavy atom. The molecule has 0 saturated heterocycles. The lowest BCUT2D eigenvalue weighted by Gasteiger charge is -2.20. The number of rotatable bonds is 4. The number of nitrogens with zero attached hydrogens (tertiary/aromatic N) is 2. The fraction of sp³-hybridized carbons (Fsp3) is 0.209. The van der Waals surface area contributed by atoms with Gasteiger partial charge in [-0.3, -0.25) is 4.99 Å². The topological polar surface area (TPSA) is 58.6 Å². The lowest BCUT2D eigenvalue weighted by atomic mass is 9.84. The van der Waals surface area contributed by atoms with Crippen LogP contribution in [0, 0.1) is 6.92 Å². The highest BCUT2D eigenvalue weighted by molar-refractivity contribution is 6.06. The Morgan fingerprint density at radius 3 is 2.09 bits per heavy atom. The second-order valence-electron chi connectivity index (χ2n) is 14.6. The van der Waals surface area contributed by atoms with Crippen molar-refractivity contribution in [2.75, 3.05) is 0 Å². The molecule has 0 bridgehead atoms. The molecule has 0 unspecified atom stereocenters. The van der Waals surface area contributed by atoms with E-state index in [0.717, 1.165) is 49.8 Å². The lowest BCUT2D eigenvalue weighted by Crippen LogP contribution is -2.11. The predicted molar refractivity (Wildman–Crippen MR) is 197 cm³/mol. The molecular formula is C43H40N2O2. The number of phenols is 1. The van der Waals surface area contributed by atoms with Crippen LogP contribution < -0.4 is 0 Å². The molecule has 47 heavy (non-hydrogen) atoms. The first-order chi connectivity index (χ1) is 22.4. The Balaban J connectivity index is 1.46. The van der Waals surface area contributed by atoms with E-state index in [4.69, 9.17) is 14.4 Å². The Bertz CT molecular complexity index is 2350. The molecule has 0 atom stereocenters. The van der Waals surface area contributed by atoms with Crippen LogP contribution in [0.1, 0.15) is 63.8 Å². The highest BCUT2D eigenvalue weighted by Crippen LogP contribution is 2.42. The van der Waals surface area contributed by atoms with Gasteiger partial charge in [0, 0.05) is 22.7 Å². The van der Waals surface area contributed by atoms with Crippen LogP contribution in [0.15, 0.2) is 113 Å². The minimum Gasteiger partial charge on any atom is -0.507 e. The first kappa shape index (κ1) is 30.4. The van der Waals surface area contributed by atoms with Crippen molar-refractivity contribution in [2.45, 2.75) is 59.3 Å². The zero-order chi connectivity index (χ0) is 33.1. The van der Waals surface area contributed by atoms with Gasteiger partial charge in [-0.05, 0) is 86.5 Å². The van der Waals surface area contributed by atoms with E-state index in [1.165, 1.54) is 21.9 Å². The summed E-state index contributed by atoms with van der Waals surface area (Å²) in [6, 6.07) is 35.4. The third kappa shape index (κ3) is 5.59. The number of aryl methyl sites for hydroxylation is 1. The Kier molecular flexibility index (Phi) is 7.28. The van der Waals surface area contributed by atoms with Gasteiger partial charge in [0.15, 0.2) is 5.58 Å². The summed E-state index contributed by atoms with van der Waals surface area (Å²) in [6.07, 6.45) is 1.75. The molecule has 0 fully saturated rings. The first-order valence-corrected chi connectivity index (χ1v) is 16.2. The number of aromatic nitrogens is 1. The molecule has 0 aliphatic heterocycles. The van der Waals surface area contributed by atoms with E-state index < -0.39 is 0 Å². The molecule has 1 N–H and O–H groups in total. The van der Waals surface area contributed by atoms with E-state index >= 15 is 0 Å². The lowest BCUT2D eigenvalue weighted by molar-refractivity contribution is 0.473. The van der Waals surface area contributed by atoms with Crippen molar-refractivity contribution in [3.05, 3.63) is 125 Å². The van der Waals surface area contributed by atoms with Crippen molar-refractivity contribution in [3.8, 4) is 28.3 Å². The maximum Gasteiger partial charge on any atom is 0.229 e. The normalized spacial score (nSPS) is 12.6. The first-order valence-electron chi connectivity index (χ1n) is 16.2. The number of aromatic hydroxyl groups is 1. The van der Waals surface area contributed by atoms with Gasteiger partial charge in [0.2, 0.25) is 5.89 Å². The maximum atomic E-state index is 10.8. The van der Waals surface area contributed by atoms with Gasteiger partial charge in [-0.2, -0.15) is 0 Å². The SMILES string of the molecule is Cc1ccc(-c2cc(C(C)(C)C)cc3oc(-c4ccc5ccccc5c4N=Cc4cc(C(C)(C)C)ccc4O)nc23)c2ccccc12. The van der Waals surface area contributed by atoms with Crippen LogP contribution in [0.2, 0.25) is 0 Å². The molecule has 0 aliphatic carbocycles. The van der Waals surface area contributed by atoms with Crippen molar-refractivity contribution < 1.29 is 9.52 Å². The highest BCUT2D eigenvalue weighted by Gasteiger charge is 2.23. The zero-order valence-corrected chi connectivity index (χ0v) is 28.1. The van der Waals surface area contributed by atoms with E-state index in [2.05, 4.69) is 115 Å². The Labute approximate surface area is 276 Å². The number of benzene rings is 6. The summed E-state index contributed by atoms with van der Waals surface area (Å²) in [5.41, 5.74) is 9.33. The van der Waals surface area contributed by atoms with Crippen molar-refractivity contribution >= 4 is 44.5 Å². The number of fused-ring (bicyclic) bond motifs is 3. The smallest absolute Gasteiger partial charge is 0.229 e. The predicted octanol–water partition coefficient (Wildman–Crippen LogP) is 11.8. The standard InChI is InChI=1S/C43H40N2O2/c1-26-16-19-34(33-15-11-10-13-31(26)33)36-23-30(43(5,6)7)24-38-40(36)45-41(47-38)35-20-17-27-12-8-9-14-32(27)39(35)44-25-28-22-29(42(2,3)4)18-21-37(28)46/h8-25,46H,1-7H3. The molecule has 4 nitrogen and oxygen atoms in total. The molecule has 0 aliphatic rings. The summed E-state index contributed by atoms with van der Waals surface area (Å²) < 4.78 is 6.68. The second-order valence-corrected chi connectivity index (χ2v) is 14.6. The Morgan fingerprint density at radius 2 is 1.34 bits per heavy atom. The van der Waals surface area contributed by atoms with E-state index in [9.17, 15) is 5.11 Å². The average molecular weight is 617 g/mol. The van der Waals surface area contributed by atoms with E-state index in [1.807, 2.05) is 30.3 Å². The third-order valence-corrected chi connectivity index (χ3v) is 9.15. The summed E-state index contributed by atoms with van der Waals surface area (Å²) in [5, 5.41) is 15.2. The van der Waals surface area contributed by atoms with Crippen LogP contribution in [0.4, 0.5) is 5.69 Å². The van der Waals surface area contributed by atoms with Gasteiger partial charge in [0.25, 0.3) is 0 Å². The number of oxazole rings is 1. The third-order valence-electron chi connectivity index (χ3n) is 9.15. The zero-order valence-electron chi connectivity index (χ0n) is 28.1. The fourth-order valence-corrected chi connectivity index (χ4v) is 6.29. The van der Waals surface area contributed by atoms with Crippen LogP contribution in [0.25, 0.3) is 55.2 Å². The fourth-order valence-electron chi connectivity index (χ4n) is 6.29. The molecule has 234 valence electrons. The molecule has 0 amide bonds. The van der Waals surface area contributed by atoms with E-state index in [0.29, 0.717) is 11.5 Å². The van der Waals surface area contributed by atoms with Gasteiger partial charge < -0.3 is 9.52 Å². The van der Waals surface area contributed by atoms with Crippen LogP contribution in [0.5, 0.6) is 5.75 Å². The van der Waals surface area contributed by atoms with Gasteiger partial charge in [-0.1, -0.05) is 114 Å². The number of aliphatic imine (C=N–C) groups is 1. The largest absolute Gasteiger partial charge is 0.507 e. The van der Waals surface area contributed by atoms with Crippen LogP contribution in [-0.2, 0) is 10.8 Å². The monoisotopic (exact) mass is 616 g/mol. The van der Waals surface area contributed by atoms with Crippen molar-refractivity contribution in [2.24, 2.45) is 4.99 Å². The van der Waals surface area contributed by atoms with Crippen LogP contribution >= 0.6 is 0 Å². The molecular weight excluding hydrogens is 576 g/mol. The maximum absolute atomic E-state index is 10.8. The summed E-state index contributed by atoms with van der Waals surface area (Å²) in [4.78, 5) is 10.2. The van der Waals surface area contributed by atoms with Crippen molar-refractivity contribution in [3.63, 3.8) is 0 Å². The molecule has 1 heterocycles. The molecule has 7 aromatic rings. The van der Waals surface area contributed by atoms with Gasteiger partial charge in [0.1, 0.15) is 11.3 Å². The molecule has 6 aromatic carbocycles. The summed E-state index contributed by atoms with van der Waals surface area (Å²) in [6.45, 7) is 15.3. The van der Waals surface area contributed by atoms with Gasteiger partial charge >= 0.3 is 0 Å². The van der Waals surface area contributed by atoms with Gasteiger partial charge in [-0.15, -0.1) is 0 Å². The van der Waals surface area contributed by atoms with Crippen LogP contribution in [0.3, 0.4) is 0 Å². The number of hydrogen-bond acceptors (Lipinski definition) is 4. The molecule has 1 aromatic heterocycles. The average Bonchev–Trinajstić information content (AvgIpc) is 3.47. The van der Waals surface area contributed by atoms with Gasteiger partial charge in [-0.25, -0.2) is 4.98 Å². The second kappa shape index (κ2) is 11.2. The molecule has 0 spiro atoms. The molecule has 0 saturated carbocycles. The number of hydrogen-bond donors (Lipinski definition) is 1. The Hall–Kier alpha value is -5.22. The number of phenolic OH excluding ortho intramolecular Hbond substituents is 1. The van der Waals surface area contributed by atoms with Crippen LogP contribution in [-0.4, -0.2) is 16.3 Å². The summed E-state index contributed by atoms with van der Waals surface area (Å²) in [5.74, 6) is 0.698. The molecule has 0 radical (unpaired) electrons. The summed E-state index contributed by atoms with van der Waals surface area (Å²) in [7, 11) is 0. The quantitative estimate of drug-likeness (QED) is 0.200. The van der Waals surface area contributed by atoms with E-state index in [1.54, 1.807) is 12.3 Å².